The average molecular weight is 235 g/mol. The molecule has 0 aliphatic heterocycles. The van der Waals surface area contributed by atoms with E-state index in [4.69, 9.17) is 11.6 Å². The maximum absolute atomic E-state index is 5.91. The number of aromatic nitrogens is 2. The Kier molecular flexibility index (Phi) is 3.01. The molecule has 0 saturated heterocycles. The highest BCUT2D eigenvalue weighted by Gasteiger charge is 2.11. The maximum Gasteiger partial charge on any atom is 0.0649 e. The van der Waals surface area contributed by atoms with Crippen LogP contribution < -0.4 is 0 Å². The number of alkyl halides is 1. The summed E-state index contributed by atoms with van der Waals surface area (Å²) >= 11 is 5.91. The van der Waals surface area contributed by atoms with E-state index in [1.807, 2.05) is 11.6 Å². The second-order valence-corrected chi connectivity index (χ2v) is 4.30. The van der Waals surface area contributed by atoms with Gasteiger partial charge in [0, 0.05) is 11.3 Å². The topological polar surface area (TPSA) is 17.8 Å². The van der Waals surface area contributed by atoms with E-state index in [2.05, 4.69) is 43.2 Å². The van der Waals surface area contributed by atoms with E-state index in [1.165, 1.54) is 5.56 Å². The Morgan fingerprint density at radius 2 is 1.75 bits per heavy atom. The van der Waals surface area contributed by atoms with E-state index in [1.54, 1.807) is 0 Å². The van der Waals surface area contributed by atoms with Gasteiger partial charge in [0.15, 0.2) is 0 Å². The fourth-order valence-electron chi connectivity index (χ4n) is 1.81. The minimum atomic E-state index is 0.517. The van der Waals surface area contributed by atoms with Crippen molar-refractivity contribution in [1.29, 1.82) is 0 Å². The summed E-state index contributed by atoms with van der Waals surface area (Å²) in [5.74, 6) is 0.517. The SMILES string of the molecule is Cc1ccc(-n2nc(C)c(CCl)c2C)cc1. The van der Waals surface area contributed by atoms with Crippen LogP contribution in [0.25, 0.3) is 5.69 Å². The second kappa shape index (κ2) is 4.30. The predicted molar refractivity (Wildman–Crippen MR) is 67.3 cm³/mol. The summed E-state index contributed by atoms with van der Waals surface area (Å²) in [6.07, 6.45) is 0. The maximum atomic E-state index is 5.91. The first-order chi connectivity index (χ1) is 7.63. The summed E-state index contributed by atoms with van der Waals surface area (Å²) in [7, 11) is 0. The van der Waals surface area contributed by atoms with Crippen molar-refractivity contribution in [3.05, 3.63) is 46.8 Å². The van der Waals surface area contributed by atoms with Crippen molar-refractivity contribution >= 4 is 11.6 Å². The van der Waals surface area contributed by atoms with Crippen molar-refractivity contribution in [2.24, 2.45) is 0 Å². The van der Waals surface area contributed by atoms with Crippen molar-refractivity contribution in [2.75, 3.05) is 0 Å². The summed E-state index contributed by atoms with van der Waals surface area (Å²) < 4.78 is 1.95. The zero-order valence-electron chi connectivity index (χ0n) is 9.79. The van der Waals surface area contributed by atoms with Crippen LogP contribution in [0.15, 0.2) is 24.3 Å². The Hall–Kier alpha value is -1.28. The Morgan fingerprint density at radius 3 is 2.25 bits per heavy atom. The number of rotatable bonds is 2. The molecule has 0 amide bonds. The number of aryl methyl sites for hydroxylation is 2. The molecule has 1 heterocycles. The van der Waals surface area contributed by atoms with E-state index < -0.39 is 0 Å². The fraction of sp³-hybridized carbons (Fsp3) is 0.308. The Bertz CT molecular complexity index is 497. The van der Waals surface area contributed by atoms with Crippen LogP contribution in [-0.2, 0) is 5.88 Å². The van der Waals surface area contributed by atoms with Crippen molar-refractivity contribution < 1.29 is 0 Å². The van der Waals surface area contributed by atoms with Crippen LogP contribution in [-0.4, -0.2) is 9.78 Å². The van der Waals surface area contributed by atoms with Gasteiger partial charge < -0.3 is 0 Å². The van der Waals surface area contributed by atoms with Gasteiger partial charge in [-0.3, -0.25) is 0 Å². The standard InChI is InChI=1S/C13H15ClN2/c1-9-4-6-12(7-5-9)16-11(3)13(8-14)10(2)15-16/h4-7H,8H2,1-3H3. The first kappa shape index (κ1) is 11.2. The van der Waals surface area contributed by atoms with Gasteiger partial charge in [0.25, 0.3) is 0 Å². The molecule has 2 rings (SSSR count). The third kappa shape index (κ3) is 1.85. The normalized spacial score (nSPS) is 10.8. The molecule has 0 saturated carbocycles. The zero-order chi connectivity index (χ0) is 11.7. The number of hydrogen-bond donors (Lipinski definition) is 0. The molecular formula is C13H15ClN2. The van der Waals surface area contributed by atoms with E-state index in [0.717, 1.165) is 22.6 Å². The second-order valence-electron chi connectivity index (χ2n) is 4.03. The predicted octanol–water partition coefficient (Wildman–Crippen LogP) is 3.54. The van der Waals surface area contributed by atoms with Crippen molar-refractivity contribution in [2.45, 2.75) is 26.7 Å². The molecule has 0 fully saturated rings. The monoisotopic (exact) mass is 234 g/mol. The summed E-state index contributed by atoms with van der Waals surface area (Å²) in [6.45, 7) is 6.13. The lowest BCUT2D eigenvalue weighted by Gasteiger charge is -2.04. The molecule has 0 unspecified atom stereocenters. The van der Waals surface area contributed by atoms with Crippen LogP contribution in [0.4, 0.5) is 0 Å². The minimum absolute atomic E-state index is 0.517. The van der Waals surface area contributed by atoms with Gasteiger partial charge in [-0.15, -0.1) is 11.6 Å². The third-order valence-corrected chi connectivity index (χ3v) is 3.12. The van der Waals surface area contributed by atoms with Gasteiger partial charge in [-0.1, -0.05) is 17.7 Å². The molecular weight excluding hydrogens is 220 g/mol. The van der Waals surface area contributed by atoms with E-state index in [9.17, 15) is 0 Å². The van der Waals surface area contributed by atoms with Crippen molar-refractivity contribution in [3.63, 3.8) is 0 Å². The van der Waals surface area contributed by atoms with Gasteiger partial charge in [-0.2, -0.15) is 5.10 Å². The largest absolute Gasteiger partial charge is 0.238 e. The average Bonchev–Trinajstić information content (AvgIpc) is 2.55. The number of halogens is 1. The molecule has 0 atom stereocenters. The highest BCUT2D eigenvalue weighted by atomic mass is 35.5. The van der Waals surface area contributed by atoms with Crippen molar-refractivity contribution in [3.8, 4) is 5.69 Å². The first-order valence-corrected chi connectivity index (χ1v) is 5.85. The summed E-state index contributed by atoms with van der Waals surface area (Å²) in [4.78, 5) is 0. The highest BCUT2D eigenvalue weighted by molar-refractivity contribution is 6.17. The summed E-state index contributed by atoms with van der Waals surface area (Å²) in [5.41, 5.74) is 5.59. The van der Waals surface area contributed by atoms with Crippen LogP contribution >= 0.6 is 11.6 Å². The number of nitrogens with zero attached hydrogens (tertiary/aromatic N) is 2. The van der Waals surface area contributed by atoms with Gasteiger partial charge in [-0.05, 0) is 32.9 Å². The Balaban J connectivity index is 2.52. The van der Waals surface area contributed by atoms with Gasteiger partial charge in [0.2, 0.25) is 0 Å². The van der Waals surface area contributed by atoms with Crippen LogP contribution in [0.1, 0.15) is 22.5 Å². The molecule has 0 aliphatic rings. The van der Waals surface area contributed by atoms with Gasteiger partial charge in [0.05, 0.1) is 17.3 Å². The van der Waals surface area contributed by atoms with E-state index in [-0.39, 0.29) is 0 Å². The van der Waals surface area contributed by atoms with Crippen LogP contribution in [0.3, 0.4) is 0 Å². The fourth-order valence-corrected chi connectivity index (χ4v) is 2.19. The lowest BCUT2D eigenvalue weighted by atomic mass is 10.2. The highest BCUT2D eigenvalue weighted by Crippen LogP contribution is 2.19. The Labute approximate surface area is 101 Å². The van der Waals surface area contributed by atoms with E-state index in [0.29, 0.717) is 5.88 Å². The van der Waals surface area contributed by atoms with Crippen molar-refractivity contribution in [1.82, 2.24) is 9.78 Å². The van der Waals surface area contributed by atoms with Gasteiger partial charge in [-0.25, -0.2) is 4.68 Å². The zero-order valence-corrected chi connectivity index (χ0v) is 10.5. The lowest BCUT2D eigenvalue weighted by molar-refractivity contribution is 0.832. The van der Waals surface area contributed by atoms with Gasteiger partial charge >= 0.3 is 0 Å². The molecule has 0 radical (unpaired) electrons. The van der Waals surface area contributed by atoms with Gasteiger partial charge in [0.1, 0.15) is 0 Å². The first-order valence-electron chi connectivity index (χ1n) is 5.31. The molecule has 1 aromatic carbocycles. The smallest absolute Gasteiger partial charge is 0.0649 e. The quantitative estimate of drug-likeness (QED) is 0.727. The summed E-state index contributed by atoms with van der Waals surface area (Å²) in [5, 5.41) is 4.51. The van der Waals surface area contributed by atoms with Crippen LogP contribution in [0.2, 0.25) is 0 Å². The van der Waals surface area contributed by atoms with E-state index >= 15 is 0 Å². The molecule has 0 spiro atoms. The molecule has 0 bridgehead atoms. The minimum Gasteiger partial charge on any atom is -0.238 e. The molecule has 2 nitrogen and oxygen atoms in total. The molecule has 1 aromatic heterocycles. The lowest BCUT2D eigenvalue weighted by Crippen LogP contribution is -1.99. The number of hydrogen-bond acceptors (Lipinski definition) is 1. The summed E-state index contributed by atoms with van der Waals surface area (Å²) in [6, 6.07) is 8.33. The van der Waals surface area contributed by atoms with Crippen LogP contribution in [0.5, 0.6) is 0 Å². The molecule has 2 aromatic rings. The molecule has 3 heteroatoms. The van der Waals surface area contributed by atoms with Crippen LogP contribution in [0, 0.1) is 20.8 Å². The third-order valence-electron chi connectivity index (χ3n) is 2.85. The molecule has 0 aliphatic carbocycles. The molecule has 16 heavy (non-hydrogen) atoms. The molecule has 0 N–H and O–H groups in total. The Morgan fingerprint density at radius 1 is 1.12 bits per heavy atom. The molecule has 84 valence electrons. The number of benzene rings is 1.